The second-order valence-corrected chi connectivity index (χ2v) is 4.33. The summed E-state index contributed by atoms with van der Waals surface area (Å²) in [6.45, 7) is 3.92. The molecule has 1 saturated heterocycles. The van der Waals surface area contributed by atoms with E-state index in [1.165, 1.54) is 38.9 Å². The Balaban J connectivity index is 1.50. The van der Waals surface area contributed by atoms with Gasteiger partial charge in [0.2, 0.25) is 0 Å². The topological polar surface area (TPSA) is 27.0 Å². The fourth-order valence-corrected chi connectivity index (χ4v) is 2.09. The van der Waals surface area contributed by atoms with E-state index >= 15 is 0 Å². The highest BCUT2D eigenvalue weighted by Crippen LogP contribution is 2.52. The van der Waals surface area contributed by atoms with Crippen LogP contribution in [0.1, 0.15) is 32.1 Å². The van der Waals surface area contributed by atoms with Crippen molar-refractivity contribution in [3.8, 4) is 6.07 Å². The van der Waals surface area contributed by atoms with Crippen LogP contribution >= 0.6 is 0 Å². The number of rotatable bonds is 4. The van der Waals surface area contributed by atoms with E-state index in [-0.39, 0.29) is 0 Å². The minimum absolute atomic E-state index is 0.735. The van der Waals surface area contributed by atoms with Crippen molar-refractivity contribution >= 4 is 0 Å². The van der Waals surface area contributed by atoms with Crippen LogP contribution in [0.5, 0.6) is 0 Å². The Morgan fingerprint density at radius 1 is 1.25 bits per heavy atom. The Labute approximate surface area is 74.2 Å². The Morgan fingerprint density at radius 2 is 2.00 bits per heavy atom. The minimum Gasteiger partial charge on any atom is -0.302 e. The zero-order valence-electron chi connectivity index (χ0n) is 7.55. The maximum atomic E-state index is 8.33. The highest BCUT2D eigenvalue weighted by Gasteiger charge is 2.51. The molecule has 2 heteroatoms. The van der Waals surface area contributed by atoms with E-state index in [1.54, 1.807) is 0 Å². The molecule has 0 aromatic carbocycles. The van der Waals surface area contributed by atoms with Crippen molar-refractivity contribution in [3.05, 3.63) is 0 Å². The van der Waals surface area contributed by atoms with Crippen LogP contribution in [-0.2, 0) is 0 Å². The van der Waals surface area contributed by atoms with Gasteiger partial charge in [0.15, 0.2) is 0 Å². The number of unbranched alkanes of at least 4 members (excludes halogenated alkanes) is 2. The van der Waals surface area contributed by atoms with Crippen molar-refractivity contribution in [2.75, 3.05) is 19.6 Å². The molecule has 1 saturated carbocycles. The third kappa shape index (κ3) is 1.61. The summed E-state index contributed by atoms with van der Waals surface area (Å²) in [5.74, 6) is 0. The summed E-state index contributed by atoms with van der Waals surface area (Å²) in [7, 11) is 0. The lowest BCUT2D eigenvalue weighted by Gasteiger charge is -2.40. The van der Waals surface area contributed by atoms with Crippen LogP contribution < -0.4 is 0 Å². The van der Waals surface area contributed by atoms with Gasteiger partial charge in [0.1, 0.15) is 0 Å². The standard InChI is InChI=1S/C10H16N2/c11-6-2-1-3-7-12-8-10(9-12)4-5-10/h1-5,7-9H2. The third-order valence-electron chi connectivity index (χ3n) is 3.09. The van der Waals surface area contributed by atoms with E-state index in [0.717, 1.165) is 18.3 Å². The number of hydrogen-bond acceptors (Lipinski definition) is 2. The lowest BCUT2D eigenvalue weighted by molar-refractivity contribution is 0.0802. The van der Waals surface area contributed by atoms with Gasteiger partial charge in [-0.25, -0.2) is 0 Å². The number of nitrogens with zero attached hydrogens (tertiary/aromatic N) is 2. The van der Waals surface area contributed by atoms with E-state index in [0.29, 0.717) is 0 Å². The van der Waals surface area contributed by atoms with Crippen molar-refractivity contribution in [1.82, 2.24) is 4.90 Å². The third-order valence-corrected chi connectivity index (χ3v) is 3.09. The fraction of sp³-hybridized carbons (Fsp3) is 0.900. The van der Waals surface area contributed by atoms with Gasteiger partial charge >= 0.3 is 0 Å². The van der Waals surface area contributed by atoms with Crippen LogP contribution in [0.15, 0.2) is 0 Å². The Morgan fingerprint density at radius 3 is 2.58 bits per heavy atom. The van der Waals surface area contributed by atoms with Crippen LogP contribution in [0.4, 0.5) is 0 Å². The first-order chi connectivity index (χ1) is 5.85. The largest absolute Gasteiger partial charge is 0.302 e. The number of hydrogen-bond donors (Lipinski definition) is 0. The van der Waals surface area contributed by atoms with Gasteiger partial charge in [-0.1, -0.05) is 0 Å². The summed E-state index contributed by atoms with van der Waals surface area (Å²) in [6.07, 6.45) is 5.98. The van der Waals surface area contributed by atoms with Crippen molar-refractivity contribution < 1.29 is 0 Å². The molecule has 2 aliphatic rings. The van der Waals surface area contributed by atoms with E-state index in [1.807, 2.05) is 0 Å². The molecule has 0 bridgehead atoms. The van der Waals surface area contributed by atoms with E-state index < -0.39 is 0 Å². The van der Waals surface area contributed by atoms with Gasteiger partial charge in [-0.05, 0) is 37.6 Å². The first kappa shape index (κ1) is 8.07. The molecule has 1 spiro atoms. The normalized spacial score (nSPS) is 24.9. The molecule has 0 N–H and O–H groups in total. The zero-order chi connectivity index (χ0) is 8.44. The Hall–Kier alpha value is -0.550. The maximum absolute atomic E-state index is 8.33. The first-order valence-corrected chi connectivity index (χ1v) is 4.94. The van der Waals surface area contributed by atoms with E-state index in [4.69, 9.17) is 5.26 Å². The highest BCUT2D eigenvalue weighted by molar-refractivity contribution is 5.04. The van der Waals surface area contributed by atoms with E-state index in [2.05, 4.69) is 11.0 Å². The molecule has 0 aromatic rings. The molecule has 0 radical (unpaired) electrons. The van der Waals surface area contributed by atoms with Gasteiger partial charge in [-0.2, -0.15) is 5.26 Å². The van der Waals surface area contributed by atoms with Gasteiger partial charge in [-0.15, -0.1) is 0 Å². The molecule has 0 amide bonds. The summed E-state index contributed by atoms with van der Waals surface area (Å²) in [6, 6.07) is 2.19. The molecule has 1 aliphatic carbocycles. The Kier molecular flexibility index (Phi) is 2.06. The molecule has 2 fully saturated rings. The van der Waals surface area contributed by atoms with Crippen LogP contribution in [0.25, 0.3) is 0 Å². The van der Waals surface area contributed by atoms with E-state index in [9.17, 15) is 0 Å². The SMILES string of the molecule is N#CCCCCN1CC2(CC2)C1. The van der Waals surface area contributed by atoms with Gasteiger partial charge in [-0.3, -0.25) is 0 Å². The van der Waals surface area contributed by atoms with Crippen molar-refractivity contribution in [2.45, 2.75) is 32.1 Å². The zero-order valence-corrected chi connectivity index (χ0v) is 7.55. The van der Waals surface area contributed by atoms with Crippen LogP contribution in [-0.4, -0.2) is 24.5 Å². The van der Waals surface area contributed by atoms with Crippen LogP contribution in [0.2, 0.25) is 0 Å². The Bertz CT molecular complexity index is 192. The fourth-order valence-electron chi connectivity index (χ4n) is 2.09. The van der Waals surface area contributed by atoms with Crippen molar-refractivity contribution in [2.24, 2.45) is 5.41 Å². The van der Waals surface area contributed by atoms with Crippen LogP contribution in [0, 0.1) is 16.7 Å². The second-order valence-electron chi connectivity index (χ2n) is 4.33. The molecule has 66 valence electrons. The highest BCUT2D eigenvalue weighted by atomic mass is 15.2. The van der Waals surface area contributed by atoms with Gasteiger partial charge < -0.3 is 4.90 Å². The summed E-state index contributed by atoms with van der Waals surface area (Å²) < 4.78 is 0. The molecule has 0 aromatic heterocycles. The quantitative estimate of drug-likeness (QED) is 0.592. The minimum atomic E-state index is 0.735. The predicted octanol–water partition coefficient (Wildman–Crippen LogP) is 1.78. The molecule has 2 nitrogen and oxygen atoms in total. The molecule has 12 heavy (non-hydrogen) atoms. The molecule has 0 atom stereocenters. The average molecular weight is 164 g/mol. The first-order valence-electron chi connectivity index (χ1n) is 4.94. The number of likely N-dealkylation sites (tertiary alicyclic amines) is 1. The summed E-state index contributed by atoms with van der Waals surface area (Å²) in [4.78, 5) is 2.53. The van der Waals surface area contributed by atoms with Gasteiger partial charge in [0, 0.05) is 19.5 Å². The summed E-state index contributed by atoms with van der Waals surface area (Å²) >= 11 is 0. The predicted molar refractivity (Wildman–Crippen MR) is 47.6 cm³/mol. The molecule has 1 heterocycles. The second kappa shape index (κ2) is 3.06. The lowest BCUT2D eigenvalue weighted by atomic mass is 9.96. The maximum Gasteiger partial charge on any atom is 0.0621 e. The lowest BCUT2D eigenvalue weighted by Crippen LogP contribution is -2.48. The average Bonchev–Trinajstić information content (AvgIpc) is 2.76. The van der Waals surface area contributed by atoms with Gasteiger partial charge in [0.25, 0.3) is 0 Å². The summed E-state index contributed by atoms with van der Waals surface area (Å²) in [5, 5.41) is 8.33. The summed E-state index contributed by atoms with van der Waals surface area (Å²) in [5.41, 5.74) is 0.801. The van der Waals surface area contributed by atoms with Crippen molar-refractivity contribution in [3.63, 3.8) is 0 Å². The molecular weight excluding hydrogens is 148 g/mol. The molecular formula is C10H16N2. The van der Waals surface area contributed by atoms with Gasteiger partial charge in [0.05, 0.1) is 6.07 Å². The van der Waals surface area contributed by atoms with Crippen molar-refractivity contribution in [1.29, 1.82) is 5.26 Å². The smallest absolute Gasteiger partial charge is 0.0621 e. The van der Waals surface area contributed by atoms with Crippen LogP contribution in [0.3, 0.4) is 0 Å². The number of nitriles is 1. The molecule has 1 aliphatic heterocycles. The monoisotopic (exact) mass is 164 g/mol. The molecule has 2 rings (SSSR count). The molecule has 0 unspecified atom stereocenters.